The van der Waals surface area contributed by atoms with Crippen molar-refractivity contribution in [2.75, 3.05) is 7.11 Å². The molecule has 2 aromatic carbocycles. The Morgan fingerprint density at radius 2 is 1.71 bits per heavy atom. The number of nitrogens with zero attached hydrogens (tertiary/aromatic N) is 1. The molecule has 0 unspecified atom stereocenters. The summed E-state index contributed by atoms with van der Waals surface area (Å²) in [5, 5.41) is 5.13. The Morgan fingerprint density at radius 3 is 2.29 bits per heavy atom. The zero-order valence-corrected chi connectivity index (χ0v) is 13.8. The van der Waals surface area contributed by atoms with Gasteiger partial charge in [0.2, 0.25) is 15.9 Å². The van der Waals surface area contributed by atoms with E-state index in [-0.39, 0.29) is 11.5 Å². The van der Waals surface area contributed by atoms with Crippen molar-refractivity contribution in [1.82, 2.24) is 4.98 Å². The zero-order valence-electron chi connectivity index (χ0n) is 13.0. The molecule has 0 aliphatic rings. The summed E-state index contributed by atoms with van der Waals surface area (Å²) in [4.78, 5) is 4.52. The molecule has 1 aromatic heterocycles. The molecule has 0 aliphatic heterocycles. The summed E-state index contributed by atoms with van der Waals surface area (Å²) in [7, 11) is -2.17. The van der Waals surface area contributed by atoms with Crippen molar-refractivity contribution in [2.24, 2.45) is 5.14 Å². The van der Waals surface area contributed by atoms with E-state index in [1.54, 1.807) is 19.2 Å². The van der Waals surface area contributed by atoms with Crippen LogP contribution in [0.15, 0.2) is 63.9 Å². The van der Waals surface area contributed by atoms with Gasteiger partial charge >= 0.3 is 0 Å². The van der Waals surface area contributed by atoms with Crippen LogP contribution in [0, 0.1) is 0 Å². The molecule has 124 valence electrons. The highest BCUT2D eigenvalue weighted by Gasteiger charge is 2.17. The lowest BCUT2D eigenvalue weighted by Gasteiger charge is -2.03. The highest BCUT2D eigenvalue weighted by molar-refractivity contribution is 7.89. The maximum atomic E-state index is 11.4. The normalized spacial score (nSPS) is 11.6. The number of primary sulfonamides is 1. The number of methoxy groups -OCH3 is 1. The molecule has 0 fully saturated rings. The predicted octanol–water partition coefficient (Wildman–Crippen LogP) is 2.80. The number of hydrogen-bond acceptors (Lipinski definition) is 5. The van der Waals surface area contributed by atoms with Crippen molar-refractivity contribution in [2.45, 2.75) is 11.5 Å². The molecule has 24 heavy (non-hydrogen) atoms. The highest BCUT2D eigenvalue weighted by Crippen LogP contribution is 2.33. The van der Waals surface area contributed by atoms with Crippen LogP contribution in [0.2, 0.25) is 0 Å². The summed E-state index contributed by atoms with van der Waals surface area (Å²) in [6.07, 6.45) is 0. The maximum absolute atomic E-state index is 11.4. The smallest absolute Gasteiger partial charge is 0.238 e. The van der Waals surface area contributed by atoms with Gasteiger partial charge in [0.25, 0.3) is 0 Å². The first-order chi connectivity index (χ1) is 11.5. The maximum Gasteiger partial charge on any atom is 0.238 e. The number of sulfonamides is 1. The molecule has 7 heteroatoms. The fourth-order valence-corrected chi connectivity index (χ4v) is 2.85. The molecule has 0 atom stereocenters. The first kappa shape index (κ1) is 16.4. The van der Waals surface area contributed by atoms with Crippen LogP contribution in [0.25, 0.3) is 22.6 Å². The number of oxazole rings is 1. The molecule has 0 spiro atoms. The molecule has 0 aliphatic carbocycles. The minimum absolute atomic E-state index is 0.0492. The SMILES string of the molecule is COCc1nc(-c2ccc(S(N)(=O)=O)cc2)c(-c2ccccc2)o1. The third-order valence-electron chi connectivity index (χ3n) is 3.43. The van der Waals surface area contributed by atoms with Crippen molar-refractivity contribution < 1.29 is 17.6 Å². The summed E-state index contributed by atoms with van der Waals surface area (Å²) in [6.45, 7) is 0.245. The number of benzene rings is 2. The number of ether oxygens (including phenoxy) is 1. The average molecular weight is 344 g/mol. The number of aromatic nitrogens is 1. The quantitative estimate of drug-likeness (QED) is 0.768. The molecule has 6 nitrogen and oxygen atoms in total. The van der Waals surface area contributed by atoms with E-state index in [0.717, 1.165) is 11.1 Å². The van der Waals surface area contributed by atoms with Gasteiger partial charge in [-0.25, -0.2) is 18.5 Å². The third-order valence-corrected chi connectivity index (χ3v) is 4.36. The summed E-state index contributed by atoms with van der Waals surface area (Å²) >= 11 is 0. The Hall–Kier alpha value is -2.48. The van der Waals surface area contributed by atoms with Gasteiger partial charge in [-0.05, 0) is 12.1 Å². The fraction of sp³-hybridized carbons (Fsp3) is 0.118. The molecule has 0 radical (unpaired) electrons. The van der Waals surface area contributed by atoms with Crippen LogP contribution < -0.4 is 5.14 Å². The van der Waals surface area contributed by atoms with Gasteiger partial charge in [-0.15, -0.1) is 0 Å². The Labute approximate surface area is 140 Å². The highest BCUT2D eigenvalue weighted by atomic mass is 32.2. The number of nitrogens with two attached hydrogens (primary N) is 1. The van der Waals surface area contributed by atoms with Gasteiger partial charge in [0, 0.05) is 18.2 Å². The van der Waals surface area contributed by atoms with E-state index in [0.29, 0.717) is 17.3 Å². The van der Waals surface area contributed by atoms with E-state index in [4.69, 9.17) is 14.3 Å². The standard InChI is InChI=1S/C17H16N2O4S/c1-22-11-15-19-16(17(23-15)13-5-3-2-4-6-13)12-7-9-14(10-8-12)24(18,20)21/h2-10H,11H2,1H3,(H2,18,20,21). The van der Waals surface area contributed by atoms with Gasteiger partial charge in [-0.3, -0.25) is 0 Å². The van der Waals surface area contributed by atoms with Crippen molar-refractivity contribution in [3.05, 3.63) is 60.5 Å². The topological polar surface area (TPSA) is 95.4 Å². The van der Waals surface area contributed by atoms with Crippen molar-refractivity contribution in [1.29, 1.82) is 0 Å². The summed E-state index contributed by atoms with van der Waals surface area (Å²) in [5.41, 5.74) is 2.22. The van der Waals surface area contributed by atoms with Gasteiger partial charge < -0.3 is 9.15 Å². The van der Waals surface area contributed by atoms with Crippen LogP contribution in [-0.2, 0) is 21.4 Å². The molecule has 1 heterocycles. The van der Waals surface area contributed by atoms with Crippen LogP contribution in [0.4, 0.5) is 0 Å². The van der Waals surface area contributed by atoms with E-state index >= 15 is 0 Å². The second-order valence-corrected chi connectivity index (χ2v) is 6.72. The zero-order chi connectivity index (χ0) is 17.2. The lowest BCUT2D eigenvalue weighted by atomic mass is 10.1. The van der Waals surface area contributed by atoms with E-state index in [1.165, 1.54) is 12.1 Å². The fourth-order valence-electron chi connectivity index (χ4n) is 2.33. The molecular formula is C17H16N2O4S. The van der Waals surface area contributed by atoms with Crippen LogP contribution >= 0.6 is 0 Å². The summed E-state index contributed by atoms with van der Waals surface area (Å²) in [5.74, 6) is 1.05. The van der Waals surface area contributed by atoms with E-state index in [2.05, 4.69) is 4.98 Å². The van der Waals surface area contributed by atoms with Gasteiger partial charge in [0.1, 0.15) is 12.3 Å². The monoisotopic (exact) mass is 344 g/mol. The lowest BCUT2D eigenvalue weighted by molar-refractivity contribution is 0.160. The van der Waals surface area contributed by atoms with Crippen LogP contribution in [-0.4, -0.2) is 20.5 Å². The minimum atomic E-state index is -3.73. The summed E-state index contributed by atoms with van der Waals surface area (Å²) in [6, 6.07) is 15.8. The van der Waals surface area contributed by atoms with E-state index < -0.39 is 10.0 Å². The van der Waals surface area contributed by atoms with Gasteiger partial charge in [0.15, 0.2) is 5.76 Å². The Bertz CT molecular complexity index is 932. The summed E-state index contributed by atoms with van der Waals surface area (Å²) < 4.78 is 33.7. The second kappa shape index (κ2) is 6.56. The first-order valence-electron chi connectivity index (χ1n) is 7.16. The third kappa shape index (κ3) is 3.38. The van der Waals surface area contributed by atoms with Crippen molar-refractivity contribution in [3.8, 4) is 22.6 Å². The van der Waals surface area contributed by atoms with Crippen LogP contribution in [0.3, 0.4) is 0 Å². The van der Waals surface area contributed by atoms with Gasteiger partial charge in [-0.1, -0.05) is 42.5 Å². The van der Waals surface area contributed by atoms with Crippen LogP contribution in [0.1, 0.15) is 5.89 Å². The Kier molecular flexibility index (Phi) is 4.48. The van der Waals surface area contributed by atoms with Gasteiger partial charge in [-0.2, -0.15) is 0 Å². The predicted molar refractivity (Wildman–Crippen MR) is 89.5 cm³/mol. The molecule has 0 saturated carbocycles. The molecule has 3 aromatic rings. The molecule has 3 rings (SSSR count). The minimum Gasteiger partial charge on any atom is -0.437 e. The second-order valence-electron chi connectivity index (χ2n) is 5.15. The lowest BCUT2D eigenvalue weighted by Crippen LogP contribution is -2.11. The average Bonchev–Trinajstić information content (AvgIpc) is 2.99. The van der Waals surface area contributed by atoms with E-state index in [9.17, 15) is 8.42 Å². The Morgan fingerprint density at radius 1 is 1.04 bits per heavy atom. The molecule has 0 saturated heterocycles. The molecular weight excluding hydrogens is 328 g/mol. The number of rotatable bonds is 5. The van der Waals surface area contributed by atoms with Crippen LogP contribution in [0.5, 0.6) is 0 Å². The van der Waals surface area contributed by atoms with Crippen molar-refractivity contribution >= 4 is 10.0 Å². The van der Waals surface area contributed by atoms with Crippen molar-refractivity contribution in [3.63, 3.8) is 0 Å². The molecule has 0 amide bonds. The van der Waals surface area contributed by atoms with E-state index in [1.807, 2.05) is 30.3 Å². The molecule has 2 N–H and O–H groups in total. The number of hydrogen-bond donors (Lipinski definition) is 1. The largest absolute Gasteiger partial charge is 0.437 e. The Balaban J connectivity index is 2.09. The van der Waals surface area contributed by atoms with Gasteiger partial charge in [0.05, 0.1) is 4.90 Å². The molecule has 0 bridgehead atoms. The first-order valence-corrected chi connectivity index (χ1v) is 8.71.